The molecule has 3 aliphatic heterocycles. The first-order valence-electron chi connectivity index (χ1n) is 8.59. The minimum atomic E-state index is -0.164. The van der Waals surface area contributed by atoms with Crippen LogP contribution in [-0.4, -0.2) is 78.0 Å². The quantitative estimate of drug-likeness (QED) is 0.820. The second-order valence-corrected chi connectivity index (χ2v) is 7.07. The normalized spacial score (nSPS) is 36.8. The van der Waals surface area contributed by atoms with E-state index >= 15 is 0 Å². The Morgan fingerprint density at radius 2 is 1.67 bits per heavy atom. The monoisotopic (exact) mass is 294 g/mol. The van der Waals surface area contributed by atoms with Gasteiger partial charge in [0.05, 0.1) is 6.04 Å². The van der Waals surface area contributed by atoms with Crippen LogP contribution in [0.1, 0.15) is 39.0 Å². The average molecular weight is 294 g/mol. The number of rotatable bonds is 4. The highest BCUT2D eigenvalue weighted by molar-refractivity contribution is 5.79. The molecule has 3 aliphatic rings. The van der Waals surface area contributed by atoms with Crippen molar-refractivity contribution in [2.45, 2.75) is 63.2 Å². The van der Waals surface area contributed by atoms with Crippen molar-refractivity contribution in [3.63, 3.8) is 0 Å². The van der Waals surface area contributed by atoms with Gasteiger partial charge in [-0.25, -0.2) is 0 Å². The first kappa shape index (κ1) is 15.3. The maximum absolute atomic E-state index is 11.5. The van der Waals surface area contributed by atoms with E-state index in [0.717, 1.165) is 50.7 Å². The van der Waals surface area contributed by atoms with Crippen molar-refractivity contribution in [3.05, 3.63) is 0 Å². The van der Waals surface area contributed by atoms with Crippen molar-refractivity contribution in [3.8, 4) is 0 Å². The molecule has 3 atom stereocenters. The van der Waals surface area contributed by atoms with Gasteiger partial charge in [-0.15, -0.1) is 0 Å². The van der Waals surface area contributed by atoms with E-state index in [1.165, 1.54) is 25.7 Å². The molecule has 5 nitrogen and oxygen atoms in total. The zero-order valence-corrected chi connectivity index (χ0v) is 13.5. The van der Waals surface area contributed by atoms with Crippen molar-refractivity contribution >= 4 is 5.91 Å². The topological polar surface area (TPSA) is 52.8 Å². The van der Waals surface area contributed by atoms with Gasteiger partial charge in [0, 0.05) is 44.3 Å². The van der Waals surface area contributed by atoms with E-state index < -0.39 is 0 Å². The Labute approximate surface area is 128 Å². The molecule has 0 spiro atoms. The van der Waals surface area contributed by atoms with Crippen LogP contribution in [0, 0.1) is 0 Å². The lowest BCUT2D eigenvalue weighted by Crippen LogP contribution is -2.58. The van der Waals surface area contributed by atoms with Crippen LogP contribution in [0.4, 0.5) is 0 Å². The van der Waals surface area contributed by atoms with E-state index in [-0.39, 0.29) is 11.9 Å². The summed E-state index contributed by atoms with van der Waals surface area (Å²) in [6.45, 7) is 6.22. The number of piperazine rings is 1. The molecular weight excluding hydrogens is 264 g/mol. The molecule has 3 heterocycles. The molecule has 3 unspecified atom stereocenters. The molecular formula is C16H30N4O. The summed E-state index contributed by atoms with van der Waals surface area (Å²) in [6.07, 6.45) is 6.27. The molecule has 1 amide bonds. The fraction of sp³-hybridized carbons (Fsp3) is 0.938. The molecule has 0 aromatic carbocycles. The van der Waals surface area contributed by atoms with Crippen LogP contribution in [0.3, 0.4) is 0 Å². The number of nitrogens with two attached hydrogens (primary N) is 1. The predicted molar refractivity (Wildman–Crippen MR) is 84.0 cm³/mol. The molecule has 0 saturated carbocycles. The number of fused-ring (bicyclic) bond motifs is 2. The summed E-state index contributed by atoms with van der Waals surface area (Å²) in [4.78, 5) is 19.1. The molecule has 0 aromatic rings. The van der Waals surface area contributed by atoms with E-state index in [0.29, 0.717) is 0 Å². The Morgan fingerprint density at radius 1 is 1.10 bits per heavy atom. The van der Waals surface area contributed by atoms with Gasteiger partial charge in [-0.1, -0.05) is 6.92 Å². The van der Waals surface area contributed by atoms with Crippen LogP contribution in [-0.2, 0) is 4.79 Å². The lowest BCUT2D eigenvalue weighted by Gasteiger charge is -2.45. The molecule has 2 bridgehead atoms. The van der Waals surface area contributed by atoms with E-state index in [4.69, 9.17) is 5.73 Å². The third-order valence-electron chi connectivity index (χ3n) is 6.09. The second kappa shape index (κ2) is 6.23. The highest BCUT2D eigenvalue weighted by atomic mass is 16.1. The Hall–Kier alpha value is -0.650. The van der Waals surface area contributed by atoms with Gasteiger partial charge in [-0.3, -0.25) is 14.6 Å². The van der Waals surface area contributed by atoms with Gasteiger partial charge in [-0.2, -0.15) is 0 Å². The zero-order chi connectivity index (χ0) is 15.0. The molecule has 0 aliphatic carbocycles. The fourth-order valence-corrected chi connectivity index (χ4v) is 4.73. The number of carbonyl (C=O) groups is 1. The Kier molecular flexibility index (Phi) is 4.52. The molecule has 2 N–H and O–H groups in total. The second-order valence-electron chi connectivity index (χ2n) is 7.07. The maximum Gasteiger partial charge on any atom is 0.234 e. The maximum atomic E-state index is 11.5. The van der Waals surface area contributed by atoms with Crippen molar-refractivity contribution in [2.75, 3.05) is 33.2 Å². The molecule has 0 aromatic heterocycles. The lowest BCUT2D eigenvalue weighted by atomic mass is 9.95. The first-order valence-corrected chi connectivity index (χ1v) is 8.59. The summed E-state index contributed by atoms with van der Waals surface area (Å²) in [5.74, 6) is -0.164. The third-order valence-corrected chi connectivity index (χ3v) is 6.09. The van der Waals surface area contributed by atoms with Crippen molar-refractivity contribution in [1.82, 2.24) is 14.7 Å². The number of amides is 1. The largest absolute Gasteiger partial charge is 0.368 e. The van der Waals surface area contributed by atoms with Crippen LogP contribution in [0.5, 0.6) is 0 Å². The standard InChI is InChI=1S/C16H30N4O/c1-3-15(16(17)21)20-8-6-19(7-9-20)14-10-12-4-5-13(11-14)18(12)2/h12-15H,3-11H2,1-2H3,(H2,17,21). The van der Waals surface area contributed by atoms with Gasteiger partial charge in [0.1, 0.15) is 0 Å². The molecule has 3 rings (SSSR count). The summed E-state index contributed by atoms with van der Waals surface area (Å²) < 4.78 is 0. The summed E-state index contributed by atoms with van der Waals surface area (Å²) in [7, 11) is 2.30. The molecule has 120 valence electrons. The molecule has 3 fully saturated rings. The van der Waals surface area contributed by atoms with Gasteiger partial charge in [0.15, 0.2) is 0 Å². The number of nitrogens with zero attached hydrogens (tertiary/aromatic N) is 3. The molecule has 0 radical (unpaired) electrons. The van der Waals surface area contributed by atoms with Gasteiger partial charge in [0.25, 0.3) is 0 Å². The van der Waals surface area contributed by atoms with Gasteiger partial charge in [-0.05, 0) is 39.2 Å². The predicted octanol–water partition coefficient (Wildman–Crippen LogP) is 0.493. The van der Waals surface area contributed by atoms with Crippen LogP contribution < -0.4 is 5.73 Å². The highest BCUT2D eigenvalue weighted by Crippen LogP contribution is 2.36. The number of primary amides is 1. The van der Waals surface area contributed by atoms with Gasteiger partial charge >= 0.3 is 0 Å². The van der Waals surface area contributed by atoms with E-state index in [2.05, 4.69) is 28.7 Å². The van der Waals surface area contributed by atoms with E-state index in [9.17, 15) is 4.79 Å². The molecule has 21 heavy (non-hydrogen) atoms. The lowest BCUT2D eigenvalue weighted by molar-refractivity contribution is -0.124. The minimum absolute atomic E-state index is 0.0687. The molecule has 3 saturated heterocycles. The van der Waals surface area contributed by atoms with Crippen molar-refractivity contribution in [1.29, 1.82) is 0 Å². The van der Waals surface area contributed by atoms with Crippen LogP contribution >= 0.6 is 0 Å². The minimum Gasteiger partial charge on any atom is -0.368 e. The highest BCUT2D eigenvalue weighted by Gasteiger charge is 2.41. The van der Waals surface area contributed by atoms with E-state index in [1.54, 1.807) is 0 Å². The number of hydrogen-bond acceptors (Lipinski definition) is 4. The van der Waals surface area contributed by atoms with Crippen LogP contribution in [0.2, 0.25) is 0 Å². The zero-order valence-electron chi connectivity index (χ0n) is 13.5. The number of carbonyl (C=O) groups excluding carboxylic acids is 1. The molecule has 5 heteroatoms. The number of hydrogen-bond donors (Lipinski definition) is 1. The third kappa shape index (κ3) is 2.96. The Morgan fingerprint density at radius 3 is 2.14 bits per heavy atom. The smallest absolute Gasteiger partial charge is 0.234 e. The van der Waals surface area contributed by atoms with Gasteiger partial charge in [0.2, 0.25) is 5.91 Å². The van der Waals surface area contributed by atoms with Crippen LogP contribution in [0.15, 0.2) is 0 Å². The number of piperidine rings is 1. The SMILES string of the molecule is CCC(C(N)=O)N1CCN(C2CC3CCC(C2)N3C)CC1. The summed E-state index contributed by atoms with van der Waals surface area (Å²) >= 11 is 0. The summed E-state index contributed by atoms with van der Waals surface area (Å²) in [5, 5.41) is 0. The van der Waals surface area contributed by atoms with Crippen molar-refractivity contribution in [2.24, 2.45) is 5.73 Å². The first-order chi connectivity index (χ1) is 10.1. The van der Waals surface area contributed by atoms with Gasteiger partial charge < -0.3 is 10.6 Å². The Bertz CT molecular complexity index is 366. The summed E-state index contributed by atoms with van der Waals surface area (Å²) in [6, 6.07) is 2.30. The van der Waals surface area contributed by atoms with E-state index in [1.807, 2.05) is 0 Å². The summed E-state index contributed by atoms with van der Waals surface area (Å²) in [5.41, 5.74) is 5.52. The fourth-order valence-electron chi connectivity index (χ4n) is 4.73. The van der Waals surface area contributed by atoms with Crippen molar-refractivity contribution < 1.29 is 4.79 Å². The Balaban J connectivity index is 1.53. The average Bonchev–Trinajstić information content (AvgIpc) is 2.70. The van der Waals surface area contributed by atoms with Crippen LogP contribution in [0.25, 0.3) is 0 Å².